The van der Waals surface area contributed by atoms with E-state index in [4.69, 9.17) is 9.47 Å². The number of hydrogen-bond acceptors (Lipinski definition) is 3. The maximum Gasteiger partial charge on any atom is 0.551 e. The van der Waals surface area contributed by atoms with E-state index in [-0.39, 0.29) is 12.2 Å². The van der Waals surface area contributed by atoms with E-state index in [9.17, 15) is 5.11 Å². The van der Waals surface area contributed by atoms with Gasteiger partial charge in [-0.05, 0) is 38.9 Å². The Balaban J connectivity index is 1.86. The van der Waals surface area contributed by atoms with Crippen molar-refractivity contribution in [2.24, 2.45) is 0 Å². The number of aliphatic hydroxyl groups excluding tert-OH is 1. The van der Waals surface area contributed by atoms with Crippen molar-refractivity contribution >= 4 is 11.8 Å². The molecule has 0 unspecified atom stereocenters. The minimum Gasteiger partial charge on any atom is -0.497 e. The van der Waals surface area contributed by atoms with E-state index in [1.165, 1.54) is 19.3 Å². The third-order valence-electron chi connectivity index (χ3n) is 3.60. The molecule has 0 amide bonds. The van der Waals surface area contributed by atoms with Gasteiger partial charge in [-0.1, -0.05) is 12.5 Å². The fourth-order valence-electron chi connectivity index (χ4n) is 2.59. The number of methoxy groups -OCH3 is 1. The minimum absolute atomic E-state index is 0.0544. The molecule has 2 N–H and O–H groups in total. The number of rotatable bonds is 5. The summed E-state index contributed by atoms with van der Waals surface area (Å²) in [6.45, 7) is 5.05. The molecule has 1 atom stereocenters. The van der Waals surface area contributed by atoms with Gasteiger partial charge in [0, 0.05) is 12.6 Å². The number of aliphatic hydroxyl groups is 1. The van der Waals surface area contributed by atoms with Crippen LogP contribution in [0, 0.1) is 0 Å². The summed E-state index contributed by atoms with van der Waals surface area (Å²) in [4.78, 5) is 5.22. The van der Waals surface area contributed by atoms with E-state index < -0.39 is 0 Å². The lowest BCUT2D eigenvalue weighted by molar-refractivity contribution is -0.383. The first-order valence-corrected chi connectivity index (χ1v) is 7.53. The summed E-state index contributed by atoms with van der Waals surface area (Å²) >= 11 is 0. The molecule has 1 aliphatic rings. The summed E-state index contributed by atoms with van der Waals surface area (Å²) in [6, 6.07) is 7.35. The van der Waals surface area contributed by atoms with Gasteiger partial charge in [0.1, 0.15) is 11.9 Å². The largest absolute Gasteiger partial charge is 0.551 e. The van der Waals surface area contributed by atoms with Crippen LogP contribution in [0.2, 0.25) is 0 Å². The molecule has 1 aromatic rings. The van der Waals surface area contributed by atoms with Crippen molar-refractivity contribution in [3.05, 3.63) is 24.3 Å². The number of benzene rings is 1. The average molecular weight is 293 g/mol. The maximum atomic E-state index is 9.89. The van der Waals surface area contributed by atoms with Gasteiger partial charge in [0.25, 0.3) is 0 Å². The van der Waals surface area contributed by atoms with E-state index in [1.54, 1.807) is 13.2 Å². The van der Waals surface area contributed by atoms with Crippen molar-refractivity contribution in [1.82, 2.24) is 4.90 Å². The van der Waals surface area contributed by atoms with Crippen molar-refractivity contribution in [3.63, 3.8) is 0 Å². The highest BCUT2D eigenvalue weighted by Gasteiger charge is 2.17. The van der Waals surface area contributed by atoms with Gasteiger partial charge >= 0.3 is 6.08 Å². The van der Waals surface area contributed by atoms with Crippen LogP contribution in [0.4, 0.5) is 5.69 Å². The van der Waals surface area contributed by atoms with Gasteiger partial charge in [-0.25, -0.2) is 0 Å². The highest BCUT2D eigenvalue weighted by molar-refractivity contribution is 5.59. The monoisotopic (exact) mass is 293 g/mol. The molecular formula is C16H25N2O3+. The fourth-order valence-corrected chi connectivity index (χ4v) is 2.59. The van der Waals surface area contributed by atoms with Crippen LogP contribution in [0.15, 0.2) is 24.3 Å². The van der Waals surface area contributed by atoms with Gasteiger partial charge in [0.05, 0.1) is 13.2 Å². The summed E-state index contributed by atoms with van der Waals surface area (Å²) in [5.41, 5.74) is 0.733. The predicted octanol–water partition coefficient (Wildman–Crippen LogP) is 1.21. The van der Waals surface area contributed by atoms with Crippen molar-refractivity contribution in [3.8, 4) is 5.75 Å². The standard InChI is InChI=1S/C16H24N2O3/c1-13(12-18-9-4-3-5-10-18)21-16(19)17-14-7-6-8-15(11-14)20-2/h6-8,11,13H,3-5,9-10,12H2,1-2H3,(H,17,19)/p+1/t13-/m1/s1. The lowest BCUT2D eigenvalue weighted by Gasteiger charge is -2.28. The number of piperidine rings is 1. The Labute approximate surface area is 126 Å². The molecule has 1 fully saturated rings. The van der Waals surface area contributed by atoms with Gasteiger partial charge in [-0.3, -0.25) is 4.90 Å². The Morgan fingerprint density at radius 1 is 1.33 bits per heavy atom. The second-order valence-electron chi connectivity index (χ2n) is 5.45. The van der Waals surface area contributed by atoms with Crippen LogP contribution in [0.3, 0.4) is 0 Å². The smallest absolute Gasteiger partial charge is 0.497 e. The Morgan fingerprint density at radius 2 is 2.10 bits per heavy atom. The van der Waals surface area contributed by atoms with E-state index in [2.05, 4.69) is 9.89 Å². The number of nitrogens with one attached hydrogen (secondary N) is 1. The molecule has 5 heteroatoms. The van der Waals surface area contributed by atoms with Crippen molar-refractivity contribution in [1.29, 1.82) is 0 Å². The molecule has 0 saturated carbocycles. The number of hydrogen-bond donors (Lipinski definition) is 2. The maximum absolute atomic E-state index is 9.89. The van der Waals surface area contributed by atoms with Crippen molar-refractivity contribution < 1.29 is 19.6 Å². The lowest BCUT2D eigenvalue weighted by Crippen LogP contribution is -2.67. The van der Waals surface area contributed by atoms with Crippen molar-refractivity contribution in [2.75, 3.05) is 26.7 Å². The quantitative estimate of drug-likeness (QED) is 0.633. The van der Waals surface area contributed by atoms with Crippen LogP contribution in [-0.2, 0) is 4.74 Å². The first-order chi connectivity index (χ1) is 10.2. The molecule has 0 radical (unpaired) electrons. The Hall–Kier alpha value is -1.75. The number of ether oxygens (including phenoxy) is 2. The van der Waals surface area contributed by atoms with Crippen LogP contribution in [0.5, 0.6) is 5.75 Å². The van der Waals surface area contributed by atoms with Gasteiger partial charge in [0.15, 0.2) is 0 Å². The molecule has 1 heterocycles. The third-order valence-corrected chi connectivity index (χ3v) is 3.60. The summed E-state index contributed by atoms with van der Waals surface area (Å²) < 4.78 is 10.6. The normalized spacial score (nSPS) is 18.3. The van der Waals surface area contributed by atoms with E-state index >= 15 is 0 Å². The first kappa shape index (κ1) is 15.6. The molecule has 1 aliphatic heterocycles. The van der Waals surface area contributed by atoms with Crippen LogP contribution in [0.1, 0.15) is 26.2 Å². The zero-order valence-corrected chi connectivity index (χ0v) is 12.8. The molecule has 1 saturated heterocycles. The topological polar surface area (TPSA) is 55.9 Å². The molecule has 0 bridgehead atoms. The van der Waals surface area contributed by atoms with Crippen LogP contribution in [0.25, 0.3) is 0 Å². The lowest BCUT2D eigenvalue weighted by atomic mass is 10.1. The van der Waals surface area contributed by atoms with E-state index in [0.717, 1.165) is 31.1 Å². The molecular weight excluding hydrogens is 268 g/mol. The van der Waals surface area contributed by atoms with Gasteiger partial charge in [0.2, 0.25) is 5.69 Å². The number of nitrogens with zero attached hydrogens (tertiary/aromatic N) is 1. The van der Waals surface area contributed by atoms with Crippen LogP contribution < -0.4 is 9.73 Å². The zero-order chi connectivity index (χ0) is 15.1. The summed E-state index contributed by atoms with van der Waals surface area (Å²) in [7, 11) is 1.61. The summed E-state index contributed by atoms with van der Waals surface area (Å²) in [6.07, 6.45) is 3.60. The molecule has 116 valence electrons. The van der Waals surface area contributed by atoms with E-state index in [0.29, 0.717) is 0 Å². The molecule has 21 heavy (non-hydrogen) atoms. The molecule has 1 aromatic carbocycles. The minimum atomic E-state index is -0.173. The zero-order valence-electron chi connectivity index (χ0n) is 12.8. The Bertz CT molecular complexity index is 470. The van der Waals surface area contributed by atoms with Gasteiger partial charge in [-0.15, -0.1) is 4.99 Å². The average Bonchev–Trinajstić information content (AvgIpc) is 2.48. The molecule has 0 spiro atoms. The molecule has 0 aliphatic carbocycles. The molecule has 5 nitrogen and oxygen atoms in total. The molecule has 2 rings (SSSR count). The SMILES string of the molecule is COc1cccc([NH+]=C(O)O[C@H](C)CN2CCCCC2)c1. The Kier molecular flexibility index (Phi) is 5.87. The second-order valence-corrected chi connectivity index (χ2v) is 5.45. The summed E-state index contributed by atoms with van der Waals surface area (Å²) in [5.74, 6) is 0.731. The second kappa shape index (κ2) is 7.88. The van der Waals surface area contributed by atoms with Gasteiger partial charge < -0.3 is 14.6 Å². The fraction of sp³-hybridized carbons (Fsp3) is 0.562. The third kappa shape index (κ3) is 5.27. The van der Waals surface area contributed by atoms with Crippen molar-refractivity contribution in [2.45, 2.75) is 32.3 Å². The predicted molar refractivity (Wildman–Crippen MR) is 82.1 cm³/mol. The van der Waals surface area contributed by atoms with Crippen LogP contribution in [-0.4, -0.2) is 48.9 Å². The van der Waals surface area contributed by atoms with Crippen LogP contribution >= 0.6 is 0 Å². The molecule has 0 aromatic heterocycles. The van der Waals surface area contributed by atoms with Gasteiger partial charge in [-0.2, -0.15) is 0 Å². The highest BCUT2D eigenvalue weighted by atomic mass is 16.6. The Morgan fingerprint density at radius 3 is 2.81 bits per heavy atom. The number of likely N-dealkylation sites (tertiary alicyclic amines) is 1. The first-order valence-electron chi connectivity index (χ1n) is 7.53. The van der Waals surface area contributed by atoms with E-state index in [1.807, 2.05) is 25.1 Å². The highest BCUT2D eigenvalue weighted by Crippen LogP contribution is 2.12. The summed E-state index contributed by atoms with van der Waals surface area (Å²) in [5, 5.41) is 9.89.